The molecule has 0 aliphatic rings. The van der Waals surface area contributed by atoms with Gasteiger partial charge in [-0.05, 0) is 12.5 Å². The zero-order chi connectivity index (χ0) is 15.3. The van der Waals surface area contributed by atoms with Crippen LogP contribution < -0.4 is 5.32 Å². The van der Waals surface area contributed by atoms with E-state index in [4.69, 9.17) is 11.6 Å². The first kappa shape index (κ1) is 16.4. The van der Waals surface area contributed by atoms with Crippen LogP contribution in [0.25, 0.3) is 0 Å². The molecule has 9 heteroatoms. The van der Waals surface area contributed by atoms with Gasteiger partial charge >= 0.3 is 0 Å². The summed E-state index contributed by atoms with van der Waals surface area (Å²) in [7, 11) is -3.08. The average molecular weight is 321 g/mol. The lowest BCUT2D eigenvalue weighted by atomic mass is 10.2. The smallest absolute Gasteiger partial charge is 0.270 e. The van der Waals surface area contributed by atoms with E-state index in [1.165, 1.54) is 12.1 Å². The van der Waals surface area contributed by atoms with Crippen LogP contribution in [0.2, 0.25) is 5.02 Å². The highest BCUT2D eigenvalue weighted by molar-refractivity contribution is 7.90. The molecule has 0 saturated heterocycles. The molecule has 0 unspecified atom stereocenters. The third-order valence-corrected chi connectivity index (χ3v) is 3.74. The number of hydrogen-bond donors (Lipinski definition) is 1. The lowest BCUT2D eigenvalue weighted by molar-refractivity contribution is -0.384. The van der Waals surface area contributed by atoms with E-state index in [-0.39, 0.29) is 35.0 Å². The van der Waals surface area contributed by atoms with Crippen LogP contribution in [0.5, 0.6) is 0 Å². The van der Waals surface area contributed by atoms with Crippen LogP contribution in [-0.4, -0.2) is 37.8 Å². The Kier molecular flexibility index (Phi) is 5.46. The van der Waals surface area contributed by atoms with Crippen molar-refractivity contribution < 1.29 is 18.1 Å². The zero-order valence-electron chi connectivity index (χ0n) is 10.6. The number of non-ortho nitro benzene ring substituents is 1. The third kappa shape index (κ3) is 5.14. The van der Waals surface area contributed by atoms with E-state index in [2.05, 4.69) is 5.32 Å². The normalized spacial score (nSPS) is 11.1. The largest absolute Gasteiger partial charge is 0.352 e. The molecule has 1 N–H and O–H groups in total. The molecular weight excluding hydrogens is 308 g/mol. The predicted molar refractivity (Wildman–Crippen MR) is 74.8 cm³/mol. The number of rotatable bonds is 6. The quantitative estimate of drug-likeness (QED) is 0.484. The van der Waals surface area contributed by atoms with Crippen LogP contribution in [0.1, 0.15) is 16.8 Å². The first-order chi connectivity index (χ1) is 9.20. The molecule has 0 aromatic heterocycles. The second-order valence-electron chi connectivity index (χ2n) is 4.16. The number of benzene rings is 1. The summed E-state index contributed by atoms with van der Waals surface area (Å²) < 4.78 is 21.8. The van der Waals surface area contributed by atoms with E-state index in [9.17, 15) is 23.3 Å². The Morgan fingerprint density at radius 1 is 1.45 bits per heavy atom. The highest BCUT2D eigenvalue weighted by Crippen LogP contribution is 2.21. The van der Waals surface area contributed by atoms with Crippen molar-refractivity contribution >= 4 is 33.0 Å². The predicted octanol–water partition coefficient (Wildman–Crippen LogP) is 1.41. The van der Waals surface area contributed by atoms with Gasteiger partial charge in [-0.15, -0.1) is 0 Å². The molecule has 0 aliphatic heterocycles. The minimum absolute atomic E-state index is 0.0137. The van der Waals surface area contributed by atoms with Gasteiger partial charge in [-0.3, -0.25) is 14.9 Å². The minimum atomic E-state index is -3.08. The molecule has 0 fully saturated rings. The van der Waals surface area contributed by atoms with Crippen LogP contribution in [0.3, 0.4) is 0 Å². The van der Waals surface area contributed by atoms with Crippen molar-refractivity contribution in [3.63, 3.8) is 0 Å². The van der Waals surface area contributed by atoms with E-state index >= 15 is 0 Å². The molecule has 7 nitrogen and oxygen atoms in total. The van der Waals surface area contributed by atoms with Gasteiger partial charge in [-0.25, -0.2) is 8.42 Å². The van der Waals surface area contributed by atoms with Gasteiger partial charge < -0.3 is 5.32 Å². The molecule has 1 aromatic rings. The second-order valence-corrected chi connectivity index (χ2v) is 6.83. The van der Waals surface area contributed by atoms with E-state index < -0.39 is 20.7 Å². The van der Waals surface area contributed by atoms with Gasteiger partial charge in [0, 0.05) is 24.9 Å². The van der Waals surface area contributed by atoms with Crippen molar-refractivity contribution in [2.75, 3.05) is 18.6 Å². The Balaban J connectivity index is 2.68. The number of carbonyl (C=O) groups excluding carboxylic acids is 1. The van der Waals surface area contributed by atoms with E-state index in [0.717, 1.165) is 12.3 Å². The lowest BCUT2D eigenvalue weighted by Gasteiger charge is -2.06. The first-order valence-corrected chi connectivity index (χ1v) is 8.04. The molecular formula is C11H13ClN2O5S. The van der Waals surface area contributed by atoms with Crippen LogP contribution in [0.15, 0.2) is 18.2 Å². The summed E-state index contributed by atoms with van der Waals surface area (Å²) in [6, 6.07) is 3.54. The zero-order valence-corrected chi connectivity index (χ0v) is 12.2. The number of sulfone groups is 1. The molecule has 110 valence electrons. The highest BCUT2D eigenvalue weighted by atomic mass is 35.5. The fraction of sp³-hybridized carbons (Fsp3) is 0.364. The van der Waals surface area contributed by atoms with Gasteiger partial charge in [0.1, 0.15) is 9.84 Å². The molecule has 0 radical (unpaired) electrons. The number of halogens is 1. The Labute approximate surface area is 121 Å². The van der Waals surface area contributed by atoms with Gasteiger partial charge in [0.15, 0.2) is 0 Å². The fourth-order valence-corrected chi connectivity index (χ4v) is 2.30. The Bertz CT molecular complexity index is 630. The standard InChI is InChI=1S/C11H13ClN2O5S/c1-20(18,19)6-2-5-13-11(15)9-7-8(14(16)17)3-4-10(9)12/h3-4,7H,2,5-6H2,1H3,(H,13,15). The monoisotopic (exact) mass is 320 g/mol. The van der Waals surface area contributed by atoms with Crippen molar-refractivity contribution in [1.82, 2.24) is 5.32 Å². The second kappa shape index (κ2) is 6.67. The van der Waals surface area contributed by atoms with Crippen LogP contribution in [0.4, 0.5) is 5.69 Å². The number of nitrogens with one attached hydrogen (secondary N) is 1. The van der Waals surface area contributed by atoms with Gasteiger partial charge in [0.05, 0.1) is 21.3 Å². The highest BCUT2D eigenvalue weighted by Gasteiger charge is 2.15. The van der Waals surface area contributed by atoms with Gasteiger partial charge in [-0.1, -0.05) is 11.6 Å². The fourth-order valence-electron chi connectivity index (χ4n) is 1.43. The van der Waals surface area contributed by atoms with E-state index in [1.54, 1.807) is 0 Å². The molecule has 1 rings (SSSR count). The SMILES string of the molecule is CS(=O)(=O)CCCNC(=O)c1cc([N+](=O)[O-])ccc1Cl. The maximum absolute atomic E-state index is 11.8. The Hall–Kier alpha value is -1.67. The molecule has 0 atom stereocenters. The van der Waals surface area contributed by atoms with Crippen LogP contribution in [0, 0.1) is 10.1 Å². The number of nitro groups is 1. The molecule has 20 heavy (non-hydrogen) atoms. The number of amides is 1. The average Bonchev–Trinajstić information content (AvgIpc) is 2.33. The number of hydrogen-bond acceptors (Lipinski definition) is 5. The van der Waals surface area contributed by atoms with Gasteiger partial charge in [0.2, 0.25) is 0 Å². The summed E-state index contributed by atoms with van der Waals surface area (Å²) in [4.78, 5) is 21.8. The van der Waals surface area contributed by atoms with Crippen molar-refractivity contribution in [2.24, 2.45) is 0 Å². The molecule has 1 amide bonds. The maximum atomic E-state index is 11.8. The summed E-state index contributed by atoms with van der Waals surface area (Å²) in [6.45, 7) is 0.144. The molecule has 0 heterocycles. The van der Waals surface area contributed by atoms with E-state index in [1.807, 2.05) is 0 Å². The van der Waals surface area contributed by atoms with Crippen LogP contribution >= 0.6 is 11.6 Å². The molecule has 0 bridgehead atoms. The summed E-state index contributed by atoms with van der Waals surface area (Å²) >= 11 is 5.80. The van der Waals surface area contributed by atoms with Crippen LogP contribution in [-0.2, 0) is 9.84 Å². The maximum Gasteiger partial charge on any atom is 0.270 e. The molecule has 1 aromatic carbocycles. The van der Waals surface area contributed by atoms with Gasteiger partial charge in [-0.2, -0.15) is 0 Å². The number of carbonyl (C=O) groups is 1. The van der Waals surface area contributed by atoms with Crippen molar-refractivity contribution in [2.45, 2.75) is 6.42 Å². The molecule has 0 saturated carbocycles. The van der Waals surface area contributed by atoms with Crippen molar-refractivity contribution in [1.29, 1.82) is 0 Å². The summed E-state index contributed by atoms with van der Waals surface area (Å²) in [5.74, 6) is -0.622. The van der Waals surface area contributed by atoms with E-state index in [0.29, 0.717) is 0 Å². The molecule has 0 aliphatic carbocycles. The minimum Gasteiger partial charge on any atom is -0.352 e. The lowest BCUT2D eigenvalue weighted by Crippen LogP contribution is -2.26. The van der Waals surface area contributed by atoms with Crippen molar-refractivity contribution in [3.8, 4) is 0 Å². The Morgan fingerprint density at radius 3 is 2.65 bits per heavy atom. The van der Waals surface area contributed by atoms with Crippen molar-refractivity contribution in [3.05, 3.63) is 38.9 Å². The summed E-state index contributed by atoms with van der Waals surface area (Å²) in [6.07, 6.45) is 1.36. The van der Waals surface area contributed by atoms with Gasteiger partial charge in [0.25, 0.3) is 11.6 Å². The Morgan fingerprint density at radius 2 is 2.10 bits per heavy atom. The topological polar surface area (TPSA) is 106 Å². The first-order valence-electron chi connectivity index (χ1n) is 5.60. The third-order valence-electron chi connectivity index (χ3n) is 2.38. The molecule has 0 spiro atoms. The number of nitrogens with zero attached hydrogens (tertiary/aromatic N) is 1. The number of nitro benzene ring substituents is 1. The summed E-state index contributed by atoms with van der Waals surface area (Å²) in [5, 5.41) is 13.2. The summed E-state index contributed by atoms with van der Waals surface area (Å²) in [5.41, 5.74) is -0.254.